The van der Waals surface area contributed by atoms with E-state index < -0.39 is 0 Å². The summed E-state index contributed by atoms with van der Waals surface area (Å²) >= 11 is 1.39. The van der Waals surface area contributed by atoms with Crippen LogP contribution in [0.5, 0.6) is 0 Å². The number of hydrogen-bond donors (Lipinski definition) is 1. The smallest absolute Gasteiger partial charge is 0.341 e. The number of hydrogen-bond acceptors (Lipinski definition) is 4. The van der Waals surface area contributed by atoms with Crippen molar-refractivity contribution in [1.29, 1.82) is 0 Å². The first kappa shape index (κ1) is 21.6. The van der Waals surface area contributed by atoms with Crippen molar-refractivity contribution in [1.82, 2.24) is 0 Å². The first-order valence-corrected chi connectivity index (χ1v) is 11.6. The summed E-state index contributed by atoms with van der Waals surface area (Å²) in [6.45, 7) is 6.41. The third-order valence-corrected chi connectivity index (χ3v) is 6.51. The SMILES string of the molecule is CCOC(=O)c1c(-c2ccc(C(C)C)cc2)csc1NC(=O)CC1CCCCC1. The molecule has 0 spiro atoms. The van der Waals surface area contributed by atoms with Crippen LogP contribution in [0.4, 0.5) is 5.00 Å². The van der Waals surface area contributed by atoms with Crippen molar-refractivity contribution < 1.29 is 14.3 Å². The Bertz CT molecular complexity index is 832. The van der Waals surface area contributed by atoms with Crippen molar-refractivity contribution in [3.05, 3.63) is 40.8 Å². The minimum absolute atomic E-state index is 0.00833. The summed E-state index contributed by atoms with van der Waals surface area (Å²) in [7, 11) is 0. The molecule has 1 saturated carbocycles. The summed E-state index contributed by atoms with van der Waals surface area (Å²) in [6.07, 6.45) is 6.46. The van der Waals surface area contributed by atoms with E-state index in [0.717, 1.165) is 24.0 Å². The lowest BCUT2D eigenvalue weighted by molar-refractivity contribution is -0.117. The van der Waals surface area contributed by atoms with Crippen molar-refractivity contribution in [2.45, 2.75) is 65.2 Å². The Morgan fingerprint density at radius 1 is 1.14 bits per heavy atom. The lowest BCUT2D eigenvalue weighted by Crippen LogP contribution is -2.19. The van der Waals surface area contributed by atoms with Gasteiger partial charge in [0.25, 0.3) is 0 Å². The second-order valence-electron chi connectivity index (χ2n) is 8.11. The lowest BCUT2D eigenvalue weighted by atomic mass is 9.87. The van der Waals surface area contributed by atoms with Gasteiger partial charge in [-0.2, -0.15) is 0 Å². The van der Waals surface area contributed by atoms with Gasteiger partial charge in [-0.3, -0.25) is 4.79 Å². The molecule has 156 valence electrons. The molecule has 4 nitrogen and oxygen atoms in total. The molecular weight excluding hydrogens is 382 g/mol. The summed E-state index contributed by atoms with van der Waals surface area (Å²) in [5.74, 6) is 0.513. The van der Waals surface area contributed by atoms with Crippen LogP contribution in [0, 0.1) is 5.92 Å². The zero-order chi connectivity index (χ0) is 20.8. The summed E-state index contributed by atoms with van der Waals surface area (Å²) in [4.78, 5) is 25.3. The Labute approximate surface area is 177 Å². The monoisotopic (exact) mass is 413 g/mol. The van der Waals surface area contributed by atoms with E-state index in [1.54, 1.807) is 6.92 Å². The third kappa shape index (κ3) is 5.47. The molecule has 1 aliphatic rings. The highest BCUT2D eigenvalue weighted by molar-refractivity contribution is 7.15. The number of esters is 1. The predicted molar refractivity (Wildman–Crippen MR) is 120 cm³/mol. The maximum atomic E-state index is 12.7. The summed E-state index contributed by atoms with van der Waals surface area (Å²) in [5.41, 5.74) is 3.49. The zero-order valence-electron chi connectivity index (χ0n) is 17.6. The van der Waals surface area contributed by atoms with E-state index in [2.05, 4.69) is 31.3 Å². The number of thiophene rings is 1. The van der Waals surface area contributed by atoms with Crippen molar-refractivity contribution in [2.24, 2.45) is 5.92 Å². The molecule has 1 heterocycles. The van der Waals surface area contributed by atoms with E-state index in [0.29, 0.717) is 35.4 Å². The number of amides is 1. The molecule has 3 rings (SSSR count). The Kier molecular flexibility index (Phi) is 7.48. The normalized spacial score (nSPS) is 14.8. The quantitative estimate of drug-likeness (QED) is 0.519. The van der Waals surface area contributed by atoms with Gasteiger partial charge in [-0.05, 0) is 42.7 Å². The van der Waals surface area contributed by atoms with Gasteiger partial charge in [0.05, 0.1) is 6.61 Å². The number of ether oxygens (including phenoxy) is 1. The van der Waals surface area contributed by atoms with Gasteiger partial charge in [-0.25, -0.2) is 4.79 Å². The average molecular weight is 414 g/mol. The number of nitrogens with one attached hydrogen (secondary N) is 1. The van der Waals surface area contributed by atoms with Crippen LogP contribution in [0.15, 0.2) is 29.6 Å². The van der Waals surface area contributed by atoms with Crippen molar-refractivity contribution >= 4 is 28.2 Å². The molecule has 0 bridgehead atoms. The summed E-state index contributed by atoms with van der Waals surface area (Å²) in [5, 5.41) is 5.52. The van der Waals surface area contributed by atoms with E-state index in [4.69, 9.17) is 4.74 Å². The maximum Gasteiger partial charge on any atom is 0.341 e. The highest BCUT2D eigenvalue weighted by Gasteiger charge is 2.24. The number of carbonyl (C=O) groups excluding carboxylic acids is 2. The van der Waals surface area contributed by atoms with Crippen LogP contribution in [0.1, 0.15) is 81.1 Å². The molecule has 0 atom stereocenters. The standard InChI is InChI=1S/C24H31NO3S/c1-4-28-24(27)22-20(19-12-10-18(11-13-19)16(2)3)15-29-23(22)25-21(26)14-17-8-6-5-7-9-17/h10-13,15-17H,4-9,14H2,1-3H3,(H,25,26). The topological polar surface area (TPSA) is 55.4 Å². The van der Waals surface area contributed by atoms with Crippen LogP contribution in [0.2, 0.25) is 0 Å². The molecule has 0 unspecified atom stereocenters. The zero-order valence-corrected chi connectivity index (χ0v) is 18.4. The van der Waals surface area contributed by atoms with Crippen molar-refractivity contribution in [3.63, 3.8) is 0 Å². The van der Waals surface area contributed by atoms with Gasteiger partial charge < -0.3 is 10.1 Å². The summed E-state index contributed by atoms with van der Waals surface area (Å²) < 4.78 is 5.30. The molecule has 0 radical (unpaired) electrons. The van der Waals surface area contributed by atoms with Crippen molar-refractivity contribution in [2.75, 3.05) is 11.9 Å². The largest absolute Gasteiger partial charge is 0.462 e. The molecular formula is C24H31NO3S. The molecule has 1 fully saturated rings. The molecule has 2 aromatic rings. The van der Waals surface area contributed by atoms with E-state index in [1.165, 1.54) is 36.2 Å². The third-order valence-electron chi connectivity index (χ3n) is 5.61. The van der Waals surface area contributed by atoms with Crippen LogP contribution in [-0.4, -0.2) is 18.5 Å². The van der Waals surface area contributed by atoms with E-state index >= 15 is 0 Å². The predicted octanol–water partition coefficient (Wildman–Crippen LogP) is 6.62. The summed E-state index contributed by atoms with van der Waals surface area (Å²) in [6, 6.07) is 8.25. The van der Waals surface area contributed by atoms with Crippen LogP contribution < -0.4 is 5.32 Å². The molecule has 1 N–H and O–H groups in total. The van der Waals surface area contributed by atoms with Gasteiger partial charge in [0.1, 0.15) is 10.6 Å². The molecule has 1 aromatic carbocycles. The van der Waals surface area contributed by atoms with Crippen LogP contribution in [0.25, 0.3) is 11.1 Å². The molecule has 1 aliphatic carbocycles. The Hall–Kier alpha value is -2.14. The van der Waals surface area contributed by atoms with E-state index in [9.17, 15) is 9.59 Å². The van der Waals surface area contributed by atoms with E-state index in [1.807, 2.05) is 17.5 Å². The second-order valence-corrected chi connectivity index (χ2v) is 8.99. The average Bonchev–Trinajstić information content (AvgIpc) is 3.12. The first-order valence-electron chi connectivity index (χ1n) is 10.7. The highest BCUT2D eigenvalue weighted by Crippen LogP contribution is 2.37. The molecule has 1 aromatic heterocycles. The molecule has 1 amide bonds. The fraction of sp³-hybridized carbons (Fsp3) is 0.500. The van der Waals surface area contributed by atoms with Crippen LogP contribution in [-0.2, 0) is 9.53 Å². The minimum atomic E-state index is -0.385. The number of rotatable bonds is 7. The number of carbonyl (C=O) groups is 2. The lowest BCUT2D eigenvalue weighted by Gasteiger charge is -2.20. The number of anilines is 1. The Balaban J connectivity index is 1.83. The highest BCUT2D eigenvalue weighted by atomic mass is 32.1. The van der Waals surface area contributed by atoms with Gasteiger partial charge in [-0.1, -0.05) is 57.4 Å². The van der Waals surface area contributed by atoms with Gasteiger partial charge in [0, 0.05) is 17.4 Å². The van der Waals surface area contributed by atoms with Gasteiger partial charge in [-0.15, -0.1) is 11.3 Å². The van der Waals surface area contributed by atoms with Gasteiger partial charge in [0.2, 0.25) is 5.91 Å². The molecule has 0 aliphatic heterocycles. The fourth-order valence-electron chi connectivity index (χ4n) is 3.95. The fourth-order valence-corrected chi connectivity index (χ4v) is 4.92. The number of benzene rings is 1. The van der Waals surface area contributed by atoms with Crippen LogP contribution >= 0.6 is 11.3 Å². The molecule has 0 saturated heterocycles. The van der Waals surface area contributed by atoms with Gasteiger partial charge in [0.15, 0.2) is 0 Å². The maximum absolute atomic E-state index is 12.7. The Morgan fingerprint density at radius 3 is 2.45 bits per heavy atom. The second kappa shape index (κ2) is 10.1. The minimum Gasteiger partial charge on any atom is -0.462 e. The molecule has 29 heavy (non-hydrogen) atoms. The molecule has 5 heteroatoms. The van der Waals surface area contributed by atoms with Crippen LogP contribution in [0.3, 0.4) is 0 Å². The van der Waals surface area contributed by atoms with E-state index in [-0.39, 0.29) is 11.9 Å². The first-order chi connectivity index (χ1) is 14.0. The van der Waals surface area contributed by atoms with Gasteiger partial charge >= 0.3 is 5.97 Å². The Morgan fingerprint density at radius 2 is 1.83 bits per heavy atom. The van der Waals surface area contributed by atoms with Crippen molar-refractivity contribution in [3.8, 4) is 11.1 Å².